The number of thiophene rings is 1. The van der Waals surface area contributed by atoms with E-state index in [0.29, 0.717) is 10.8 Å². The van der Waals surface area contributed by atoms with Crippen LogP contribution in [0.5, 0.6) is 0 Å². The molecule has 0 saturated heterocycles. The van der Waals surface area contributed by atoms with E-state index >= 15 is 0 Å². The molecule has 1 heterocycles. The Kier molecular flexibility index (Phi) is 5.50. The van der Waals surface area contributed by atoms with Crippen molar-refractivity contribution in [2.24, 2.45) is 0 Å². The van der Waals surface area contributed by atoms with Gasteiger partial charge in [0.1, 0.15) is 4.21 Å². The summed E-state index contributed by atoms with van der Waals surface area (Å²) >= 11 is 6.78. The van der Waals surface area contributed by atoms with Gasteiger partial charge in [0, 0.05) is 11.0 Å². The summed E-state index contributed by atoms with van der Waals surface area (Å²) in [5.41, 5.74) is 0.953. The second-order valence-electron chi connectivity index (χ2n) is 2.96. The van der Waals surface area contributed by atoms with Crippen LogP contribution >= 0.6 is 49.9 Å². The molecule has 0 atom stereocenters. The fourth-order valence-electron chi connectivity index (χ4n) is 0.909. The van der Waals surface area contributed by atoms with Gasteiger partial charge in [-0.05, 0) is 40.9 Å². The molecule has 1 rings (SSSR count). The van der Waals surface area contributed by atoms with E-state index in [4.69, 9.17) is 0 Å². The van der Waals surface area contributed by atoms with Crippen molar-refractivity contribution in [3.8, 4) is 0 Å². The highest BCUT2D eigenvalue weighted by Gasteiger charge is 2.17. The summed E-state index contributed by atoms with van der Waals surface area (Å²) in [5.74, 6) is 0. The Balaban J connectivity index is 2.77. The van der Waals surface area contributed by atoms with Gasteiger partial charge < -0.3 is 0 Å². The van der Waals surface area contributed by atoms with Crippen LogP contribution in [-0.2, 0) is 10.0 Å². The van der Waals surface area contributed by atoms with E-state index in [9.17, 15) is 8.42 Å². The zero-order chi connectivity index (χ0) is 11.5. The number of halogens is 2. The molecule has 15 heavy (non-hydrogen) atoms. The normalized spacial score (nSPS) is 11.9. The Labute approximate surface area is 116 Å². The number of nitrogens with one attached hydrogen (secondary N) is 1. The third-order valence-electron chi connectivity index (χ3n) is 1.70. The van der Waals surface area contributed by atoms with E-state index in [1.165, 1.54) is 11.3 Å². The molecule has 1 N–H and O–H groups in total. The molecule has 1 aromatic heterocycles. The van der Waals surface area contributed by atoms with E-state index in [1.807, 2.05) is 6.92 Å². The number of sulfonamides is 1. The van der Waals surface area contributed by atoms with E-state index in [0.717, 1.165) is 20.2 Å². The molecular weight excluding hydrogens is 413 g/mol. The molecule has 1 aromatic rings. The van der Waals surface area contributed by atoms with Gasteiger partial charge >= 0.3 is 0 Å². The zero-order valence-corrected chi connectivity index (χ0v) is 13.5. The Morgan fingerprint density at radius 2 is 2.27 bits per heavy atom. The molecule has 0 aromatic carbocycles. The number of hydrogen-bond acceptors (Lipinski definition) is 3. The average molecular weight is 424 g/mol. The van der Waals surface area contributed by atoms with Gasteiger partial charge in [0.2, 0.25) is 10.0 Å². The second kappa shape index (κ2) is 5.95. The lowest BCUT2D eigenvalue weighted by atomic mass is 10.4. The largest absolute Gasteiger partial charge is 0.250 e. The molecule has 0 unspecified atom stereocenters. The van der Waals surface area contributed by atoms with Gasteiger partial charge in [-0.25, -0.2) is 13.1 Å². The Hall–Kier alpha value is 0.820. The minimum atomic E-state index is -3.30. The van der Waals surface area contributed by atoms with Crippen LogP contribution in [0.3, 0.4) is 0 Å². The van der Waals surface area contributed by atoms with Gasteiger partial charge in [0.15, 0.2) is 0 Å². The predicted octanol–water partition coefficient (Wildman–Crippen LogP) is 2.92. The van der Waals surface area contributed by atoms with Crippen molar-refractivity contribution in [1.29, 1.82) is 0 Å². The molecule has 0 aliphatic carbocycles. The van der Waals surface area contributed by atoms with Crippen molar-refractivity contribution in [1.82, 2.24) is 4.72 Å². The lowest BCUT2D eigenvalue weighted by Crippen LogP contribution is -2.24. The van der Waals surface area contributed by atoms with E-state index < -0.39 is 10.0 Å². The summed E-state index contributed by atoms with van der Waals surface area (Å²) in [6, 6.07) is 1.68. The minimum absolute atomic E-state index is 0.375. The first-order valence-electron chi connectivity index (χ1n) is 4.29. The first-order valence-corrected chi connectivity index (χ1v) is 8.91. The van der Waals surface area contributed by atoms with Crippen LogP contribution in [0.1, 0.15) is 12.0 Å². The van der Waals surface area contributed by atoms with Gasteiger partial charge in [-0.2, -0.15) is 0 Å². The van der Waals surface area contributed by atoms with Crippen molar-refractivity contribution in [2.75, 3.05) is 11.0 Å². The number of rotatable bonds is 5. The number of aryl methyl sites for hydroxylation is 1. The third-order valence-corrected chi connectivity index (χ3v) is 6.54. The molecule has 0 aliphatic heterocycles. The number of alkyl halides is 1. The van der Waals surface area contributed by atoms with Gasteiger partial charge in [-0.15, -0.1) is 11.3 Å². The van der Waals surface area contributed by atoms with Gasteiger partial charge in [-0.1, -0.05) is 22.6 Å². The highest BCUT2D eigenvalue weighted by Crippen LogP contribution is 2.30. The van der Waals surface area contributed by atoms with Crippen LogP contribution < -0.4 is 4.72 Å². The molecule has 3 nitrogen and oxygen atoms in total. The lowest BCUT2D eigenvalue weighted by molar-refractivity contribution is 0.583. The highest BCUT2D eigenvalue weighted by atomic mass is 127. The van der Waals surface area contributed by atoms with Gasteiger partial charge in [0.05, 0.1) is 3.79 Å². The topological polar surface area (TPSA) is 46.2 Å². The van der Waals surface area contributed by atoms with Crippen molar-refractivity contribution in [2.45, 2.75) is 17.6 Å². The van der Waals surface area contributed by atoms with Crippen LogP contribution in [-0.4, -0.2) is 19.4 Å². The van der Waals surface area contributed by atoms with E-state index in [2.05, 4.69) is 43.2 Å². The first-order chi connectivity index (χ1) is 6.97. The molecule has 7 heteroatoms. The highest BCUT2D eigenvalue weighted by molar-refractivity contribution is 14.1. The monoisotopic (exact) mass is 423 g/mol. The maximum absolute atomic E-state index is 11.7. The summed E-state index contributed by atoms with van der Waals surface area (Å²) in [5, 5.41) is 0. The van der Waals surface area contributed by atoms with Crippen LogP contribution in [0.2, 0.25) is 0 Å². The molecule has 0 fully saturated rings. The summed E-state index contributed by atoms with van der Waals surface area (Å²) in [7, 11) is -3.30. The summed E-state index contributed by atoms with van der Waals surface area (Å²) < 4.78 is 28.3. The van der Waals surface area contributed by atoms with Crippen LogP contribution in [0, 0.1) is 6.92 Å². The van der Waals surface area contributed by atoms with Gasteiger partial charge in [-0.3, -0.25) is 0 Å². The van der Waals surface area contributed by atoms with Crippen molar-refractivity contribution in [3.05, 3.63) is 15.4 Å². The maximum atomic E-state index is 11.7. The minimum Gasteiger partial charge on any atom is -0.210 e. The Morgan fingerprint density at radius 1 is 1.60 bits per heavy atom. The van der Waals surface area contributed by atoms with E-state index in [-0.39, 0.29) is 0 Å². The lowest BCUT2D eigenvalue weighted by Gasteiger charge is -2.02. The average Bonchev–Trinajstić information content (AvgIpc) is 2.48. The summed E-state index contributed by atoms with van der Waals surface area (Å²) in [6.07, 6.45) is 0.852. The summed E-state index contributed by atoms with van der Waals surface area (Å²) in [4.78, 5) is 0. The van der Waals surface area contributed by atoms with Gasteiger partial charge in [0.25, 0.3) is 0 Å². The SMILES string of the molecule is Cc1cc(S(=O)(=O)NCCCI)sc1Br. The zero-order valence-electron chi connectivity index (χ0n) is 8.09. The molecule has 86 valence electrons. The molecular formula is C8H11BrINO2S2. The summed E-state index contributed by atoms with van der Waals surface area (Å²) in [6.45, 7) is 2.38. The molecule has 0 radical (unpaired) electrons. The smallest absolute Gasteiger partial charge is 0.210 e. The van der Waals surface area contributed by atoms with Crippen molar-refractivity contribution < 1.29 is 8.42 Å². The molecule has 0 saturated carbocycles. The van der Waals surface area contributed by atoms with E-state index in [1.54, 1.807) is 6.07 Å². The Bertz CT molecular complexity index is 410. The fraction of sp³-hybridized carbons (Fsp3) is 0.500. The quantitative estimate of drug-likeness (QED) is 0.449. The maximum Gasteiger partial charge on any atom is 0.250 e. The first kappa shape index (κ1) is 13.9. The fourth-order valence-corrected chi connectivity index (χ4v) is 4.63. The van der Waals surface area contributed by atoms with Crippen molar-refractivity contribution in [3.63, 3.8) is 0 Å². The number of hydrogen-bond donors (Lipinski definition) is 1. The molecule has 0 amide bonds. The molecule has 0 bridgehead atoms. The van der Waals surface area contributed by atoms with Crippen LogP contribution in [0.4, 0.5) is 0 Å². The molecule has 0 spiro atoms. The standard InChI is InChI=1S/C8H11BrINO2S2/c1-6-5-7(14-8(6)9)15(12,13)11-4-2-3-10/h5,11H,2-4H2,1H3. The predicted molar refractivity (Wildman–Crippen MR) is 75.4 cm³/mol. The third kappa shape index (κ3) is 3.95. The van der Waals surface area contributed by atoms with Crippen molar-refractivity contribution >= 4 is 59.9 Å². The molecule has 0 aliphatic rings. The van der Waals surface area contributed by atoms with Crippen LogP contribution in [0.25, 0.3) is 0 Å². The second-order valence-corrected chi connectivity index (χ2v) is 8.41. The Morgan fingerprint density at radius 3 is 2.73 bits per heavy atom. The van der Waals surface area contributed by atoms with Crippen LogP contribution in [0.15, 0.2) is 14.1 Å².